The van der Waals surface area contributed by atoms with Crippen LogP contribution in [0.1, 0.15) is 35.8 Å². The molecule has 0 spiro atoms. The molecule has 1 aromatic heterocycles. The van der Waals surface area contributed by atoms with Crippen LogP contribution < -0.4 is 10.6 Å². The SMILES string of the molecule is CC(=O)c1ccc(NC(=O)CSc2ncc(CO)n2CC(=O)NC2CC2)cc1. The molecule has 1 aromatic carbocycles. The molecular weight excluding hydrogens is 380 g/mol. The second kappa shape index (κ2) is 9.03. The maximum atomic E-state index is 12.2. The number of thioether (sulfide) groups is 1. The fourth-order valence-electron chi connectivity index (χ4n) is 2.56. The highest BCUT2D eigenvalue weighted by molar-refractivity contribution is 7.99. The fourth-order valence-corrected chi connectivity index (χ4v) is 3.36. The number of carbonyl (C=O) groups excluding carboxylic acids is 3. The maximum absolute atomic E-state index is 12.2. The van der Waals surface area contributed by atoms with Gasteiger partial charge in [-0.1, -0.05) is 11.8 Å². The predicted octanol–water partition coefficient (Wildman–Crippen LogP) is 1.59. The number of rotatable bonds is 9. The molecule has 1 aliphatic rings. The zero-order valence-electron chi connectivity index (χ0n) is 15.5. The normalized spacial score (nSPS) is 13.2. The van der Waals surface area contributed by atoms with Gasteiger partial charge < -0.3 is 20.3 Å². The standard InChI is InChI=1S/C19H22N4O4S/c1-12(25)13-2-4-14(5-3-13)22-18(27)11-28-19-20-8-16(10-24)23(19)9-17(26)21-15-6-7-15/h2-5,8,15,24H,6-7,9-11H2,1H3,(H,21,26)(H,22,27). The topological polar surface area (TPSA) is 113 Å². The molecule has 9 heteroatoms. The molecule has 0 unspecified atom stereocenters. The number of nitrogens with one attached hydrogen (secondary N) is 2. The lowest BCUT2D eigenvalue weighted by molar-refractivity contribution is -0.122. The molecule has 28 heavy (non-hydrogen) atoms. The molecule has 0 saturated heterocycles. The van der Waals surface area contributed by atoms with Gasteiger partial charge >= 0.3 is 0 Å². The summed E-state index contributed by atoms with van der Waals surface area (Å²) in [5.74, 6) is -0.304. The molecule has 3 N–H and O–H groups in total. The average Bonchev–Trinajstić information content (AvgIpc) is 3.39. The number of Topliss-reactive ketones (excluding diaryl/α,β-unsaturated/α-hetero) is 1. The third-order valence-electron chi connectivity index (χ3n) is 4.22. The first kappa shape index (κ1) is 20.1. The van der Waals surface area contributed by atoms with Crippen molar-refractivity contribution in [2.24, 2.45) is 0 Å². The highest BCUT2D eigenvalue weighted by atomic mass is 32.2. The van der Waals surface area contributed by atoms with Gasteiger partial charge in [-0.25, -0.2) is 4.98 Å². The summed E-state index contributed by atoms with van der Waals surface area (Å²) in [5.41, 5.74) is 1.70. The lowest BCUT2D eigenvalue weighted by Crippen LogP contribution is -2.30. The molecule has 1 aliphatic carbocycles. The molecule has 3 rings (SSSR count). The van der Waals surface area contributed by atoms with Crippen LogP contribution in [0.3, 0.4) is 0 Å². The van der Waals surface area contributed by atoms with E-state index in [0.717, 1.165) is 12.8 Å². The monoisotopic (exact) mass is 402 g/mol. The number of amides is 2. The van der Waals surface area contributed by atoms with E-state index in [1.807, 2.05) is 0 Å². The fraction of sp³-hybridized carbons (Fsp3) is 0.368. The summed E-state index contributed by atoms with van der Waals surface area (Å²) in [6.45, 7) is 1.31. The van der Waals surface area contributed by atoms with Gasteiger partial charge in [0, 0.05) is 17.3 Å². The van der Waals surface area contributed by atoms with E-state index in [9.17, 15) is 19.5 Å². The second-order valence-electron chi connectivity index (χ2n) is 6.59. The second-order valence-corrected chi connectivity index (χ2v) is 7.53. The molecule has 1 fully saturated rings. The minimum Gasteiger partial charge on any atom is -0.390 e. The molecule has 1 saturated carbocycles. The number of hydrogen-bond donors (Lipinski definition) is 3. The van der Waals surface area contributed by atoms with E-state index in [2.05, 4.69) is 15.6 Å². The predicted molar refractivity (Wildman–Crippen MR) is 105 cm³/mol. The van der Waals surface area contributed by atoms with Crippen molar-refractivity contribution in [3.63, 3.8) is 0 Å². The Bertz CT molecular complexity index is 875. The highest BCUT2D eigenvalue weighted by Gasteiger charge is 2.24. The summed E-state index contributed by atoms with van der Waals surface area (Å²) >= 11 is 1.19. The first-order valence-corrected chi connectivity index (χ1v) is 9.93. The first-order valence-electron chi connectivity index (χ1n) is 8.94. The van der Waals surface area contributed by atoms with E-state index in [1.165, 1.54) is 24.9 Å². The number of imidazole rings is 1. The van der Waals surface area contributed by atoms with Gasteiger partial charge in [0.05, 0.1) is 24.3 Å². The van der Waals surface area contributed by atoms with Crippen LogP contribution in [0.2, 0.25) is 0 Å². The highest BCUT2D eigenvalue weighted by Crippen LogP contribution is 2.21. The summed E-state index contributed by atoms with van der Waals surface area (Å²) in [6, 6.07) is 6.91. The molecule has 8 nitrogen and oxygen atoms in total. The summed E-state index contributed by atoms with van der Waals surface area (Å²) < 4.78 is 1.62. The van der Waals surface area contributed by atoms with Crippen molar-refractivity contribution >= 4 is 35.0 Å². The number of aromatic nitrogens is 2. The van der Waals surface area contributed by atoms with Crippen LogP contribution in [-0.4, -0.2) is 44.0 Å². The molecule has 2 aromatic rings. The number of hydrogen-bond acceptors (Lipinski definition) is 6. The number of benzene rings is 1. The van der Waals surface area contributed by atoms with Gasteiger partial charge in [-0.3, -0.25) is 14.4 Å². The van der Waals surface area contributed by atoms with Crippen molar-refractivity contribution in [3.8, 4) is 0 Å². The van der Waals surface area contributed by atoms with E-state index >= 15 is 0 Å². The van der Waals surface area contributed by atoms with Crippen molar-refractivity contribution in [2.75, 3.05) is 11.1 Å². The molecule has 0 aliphatic heterocycles. The third kappa shape index (κ3) is 5.43. The molecule has 0 atom stereocenters. The molecular formula is C19H22N4O4S. The number of aliphatic hydroxyl groups is 1. The number of aliphatic hydroxyl groups excluding tert-OH is 1. The zero-order valence-corrected chi connectivity index (χ0v) is 16.3. The Morgan fingerprint density at radius 2 is 1.93 bits per heavy atom. The Hall–Kier alpha value is -2.65. The quantitative estimate of drug-likeness (QED) is 0.434. The lowest BCUT2D eigenvalue weighted by atomic mass is 10.1. The summed E-state index contributed by atoms with van der Waals surface area (Å²) in [6.07, 6.45) is 3.50. The van der Waals surface area contributed by atoms with Crippen molar-refractivity contribution < 1.29 is 19.5 Å². The molecule has 148 valence electrons. The first-order chi connectivity index (χ1) is 13.5. The van der Waals surface area contributed by atoms with Crippen molar-refractivity contribution in [2.45, 2.75) is 44.1 Å². The third-order valence-corrected chi connectivity index (χ3v) is 5.21. The Morgan fingerprint density at radius 1 is 1.21 bits per heavy atom. The summed E-state index contributed by atoms with van der Waals surface area (Å²) in [4.78, 5) is 39.8. The average molecular weight is 402 g/mol. The van der Waals surface area contributed by atoms with Gasteiger partial charge in [-0.15, -0.1) is 0 Å². The van der Waals surface area contributed by atoms with Crippen molar-refractivity contribution in [3.05, 3.63) is 41.7 Å². The van der Waals surface area contributed by atoms with E-state index in [4.69, 9.17) is 0 Å². The maximum Gasteiger partial charge on any atom is 0.240 e. The van der Waals surface area contributed by atoms with Gasteiger partial charge in [0.2, 0.25) is 11.8 Å². The van der Waals surface area contributed by atoms with Gasteiger partial charge in [0.1, 0.15) is 6.54 Å². The number of anilines is 1. The molecule has 0 radical (unpaired) electrons. The van der Waals surface area contributed by atoms with E-state index in [1.54, 1.807) is 28.8 Å². The minimum atomic E-state index is -0.237. The Morgan fingerprint density at radius 3 is 2.54 bits per heavy atom. The minimum absolute atomic E-state index is 0.0364. The van der Waals surface area contributed by atoms with Crippen LogP contribution in [0.4, 0.5) is 5.69 Å². The van der Waals surface area contributed by atoms with Crippen LogP contribution in [0.25, 0.3) is 0 Å². The van der Waals surface area contributed by atoms with Crippen LogP contribution >= 0.6 is 11.8 Å². The van der Waals surface area contributed by atoms with Gasteiger partial charge in [0.15, 0.2) is 10.9 Å². The number of ketones is 1. The van der Waals surface area contributed by atoms with Gasteiger partial charge in [-0.2, -0.15) is 0 Å². The molecule has 0 bridgehead atoms. The Balaban J connectivity index is 1.57. The van der Waals surface area contributed by atoms with E-state index in [0.29, 0.717) is 22.1 Å². The van der Waals surface area contributed by atoms with Crippen LogP contribution in [-0.2, 0) is 22.7 Å². The van der Waals surface area contributed by atoms with Crippen LogP contribution in [0.5, 0.6) is 0 Å². The number of carbonyl (C=O) groups is 3. The van der Waals surface area contributed by atoms with Crippen LogP contribution in [0.15, 0.2) is 35.6 Å². The van der Waals surface area contributed by atoms with Gasteiger partial charge in [-0.05, 0) is 44.0 Å². The summed E-state index contributed by atoms with van der Waals surface area (Å²) in [5, 5.41) is 15.6. The van der Waals surface area contributed by atoms with E-state index in [-0.39, 0.29) is 42.5 Å². The largest absolute Gasteiger partial charge is 0.390 e. The van der Waals surface area contributed by atoms with Crippen molar-refractivity contribution in [1.29, 1.82) is 0 Å². The van der Waals surface area contributed by atoms with Crippen molar-refractivity contribution in [1.82, 2.24) is 14.9 Å². The Labute approximate surface area is 166 Å². The molecule has 1 heterocycles. The van der Waals surface area contributed by atoms with E-state index < -0.39 is 0 Å². The Kier molecular flexibility index (Phi) is 6.48. The molecule has 2 amide bonds. The summed E-state index contributed by atoms with van der Waals surface area (Å²) in [7, 11) is 0. The smallest absolute Gasteiger partial charge is 0.240 e. The zero-order chi connectivity index (χ0) is 20.1. The van der Waals surface area contributed by atoms with Crippen LogP contribution in [0, 0.1) is 0 Å². The lowest BCUT2D eigenvalue weighted by Gasteiger charge is -2.11. The number of nitrogens with zero attached hydrogens (tertiary/aromatic N) is 2. The van der Waals surface area contributed by atoms with Gasteiger partial charge in [0.25, 0.3) is 0 Å².